The molecule has 1 aromatic rings. The van der Waals surface area contributed by atoms with Gasteiger partial charge in [0.1, 0.15) is 5.75 Å². The summed E-state index contributed by atoms with van der Waals surface area (Å²) in [7, 11) is -3.54. The number of anilines is 1. The first-order valence-corrected chi connectivity index (χ1v) is 6.93. The average Bonchev–Trinajstić information content (AvgIpc) is 2.27. The van der Waals surface area contributed by atoms with E-state index in [0.717, 1.165) is 12.1 Å². The number of alkyl halides is 3. The highest BCUT2D eigenvalue weighted by Crippen LogP contribution is 2.24. The predicted octanol–water partition coefficient (Wildman–Crippen LogP) is 1.68. The third-order valence-electron chi connectivity index (χ3n) is 1.98. The standard InChI is InChI=1S/C10H13F3N2O3S/c11-10(12,13)18-9-4-2-8(3-5-9)15-19(16,17)7-1-6-14/h2-5,15H,1,6-7,14H2. The molecule has 19 heavy (non-hydrogen) atoms. The highest BCUT2D eigenvalue weighted by atomic mass is 32.2. The molecular weight excluding hydrogens is 285 g/mol. The summed E-state index contributed by atoms with van der Waals surface area (Å²) in [6, 6.07) is 4.41. The number of halogens is 3. The summed E-state index contributed by atoms with van der Waals surface area (Å²) >= 11 is 0. The second kappa shape index (κ2) is 6.11. The molecule has 0 saturated heterocycles. The Morgan fingerprint density at radius 2 is 1.79 bits per heavy atom. The molecule has 0 aliphatic carbocycles. The van der Waals surface area contributed by atoms with Gasteiger partial charge in [-0.25, -0.2) is 8.42 Å². The van der Waals surface area contributed by atoms with Crippen LogP contribution < -0.4 is 15.2 Å². The van der Waals surface area contributed by atoms with Gasteiger partial charge in [-0.15, -0.1) is 13.2 Å². The van der Waals surface area contributed by atoms with Crippen LogP contribution >= 0.6 is 0 Å². The van der Waals surface area contributed by atoms with E-state index in [2.05, 4.69) is 9.46 Å². The fourth-order valence-electron chi connectivity index (χ4n) is 1.23. The lowest BCUT2D eigenvalue weighted by molar-refractivity contribution is -0.274. The molecule has 9 heteroatoms. The van der Waals surface area contributed by atoms with Crippen molar-refractivity contribution in [3.05, 3.63) is 24.3 Å². The lowest BCUT2D eigenvalue weighted by Crippen LogP contribution is -2.19. The van der Waals surface area contributed by atoms with Gasteiger partial charge in [-0.1, -0.05) is 0 Å². The van der Waals surface area contributed by atoms with E-state index >= 15 is 0 Å². The smallest absolute Gasteiger partial charge is 0.406 e. The van der Waals surface area contributed by atoms with Gasteiger partial charge in [0.05, 0.1) is 5.75 Å². The van der Waals surface area contributed by atoms with E-state index < -0.39 is 22.1 Å². The lowest BCUT2D eigenvalue weighted by atomic mass is 10.3. The van der Waals surface area contributed by atoms with E-state index in [1.807, 2.05) is 0 Å². The van der Waals surface area contributed by atoms with Gasteiger partial charge in [0.2, 0.25) is 10.0 Å². The summed E-state index contributed by atoms with van der Waals surface area (Å²) in [5, 5.41) is 0. The van der Waals surface area contributed by atoms with Crippen molar-refractivity contribution in [2.24, 2.45) is 5.73 Å². The summed E-state index contributed by atoms with van der Waals surface area (Å²) in [4.78, 5) is 0. The number of nitrogens with two attached hydrogens (primary N) is 1. The van der Waals surface area contributed by atoms with Gasteiger partial charge >= 0.3 is 6.36 Å². The average molecular weight is 298 g/mol. The molecule has 0 fully saturated rings. The van der Waals surface area contributed by atoms with Gasteiger partial charge in [-0.05, 0) is 37.2 Å². The van der Waals surface area contributed by atoms with Gasteiger partial charge in [-0.2, -0.15) is 0 Å². The number of hydrogen-bond acceptors (Lipinski definition) is 4. The quantitative estimate of drug-likeness (QED) is 0.837. The van der Waals surface area contributed by atoms with Crippen molar-refractivity contribution in [1.82, 2.24) is 0 Å². The zero-order valence-electron chi connectivity index (χ0n) is 9.77. The lowest BCUT2D eigenvalue weighted by Gasteiger charge is -2.10. The summed E-state index contributed by atoms with van der Waals surface area (Å²) < 4.78 is 64.6. The first-order valence-electron chi connectivity index (χ1n) is 5.28. The van der Waals surface area contributed by atoms with E-state index in [1.54, 1.807) is 0 Å². The van der Waals surface area contributed by atoms with Gasteiger partial charge < -0.3 is 10.5 Å². The first kappa shape index (κ1) is 15.6. The van der Waals surface area contributed by atoms with Crippen molar-refractivity contribution in [3.63, 3.8) is 0 Å². The molecule has 1 aromatic carbocycles. The molecule has 1 rings (SSSR count). The first-order chi connectivity index (χ1) is 8.72. The van der Waals surface area contributed by atoms with Crippen LogP contribution in [0.15, 0.2) is 24.3 Å². The summed E-state index contributed by atoms with van der Waals surface area (Å²) in [5.74, 6) is -0.568. The summed E-state index contributed by atoms with van der Waals surface area (Å²) in [5.41, 5.74) is 5.35. The van der Waals surface area contributed by atoms with Crippen LogP contribution in [0.2, 0.25) is 0 Å². The van der Waals surface area contributed by atoms with Gasteiger partial charge in [-0.3, -0.25) is 4.72 Å². The molecule has 0 aliphatic rings. The molecule has 0 aliphatic heterocycles. The Hall–Kier alpha value is -1.48. The largest absolute Gasteiger partial charge is 0.573 e. The SMILES string of the molecule is NCCCS(=O)(=O)Nc1ccc(OC(F)(F)F)cc1. The molecule has 0 spiro atoms. The number of nitrogens with one attached hydrogen (secondary N) is 1. The normalized spacial score (nSPS) is 12.2. The summed E-state index contributed by atoms with van der Waals surface area (Å²) in [6.45, 7) is 0.235. The van der Waals surface area contributed by atoms with Crippen LogP contribution in [0, 0.1) is 0 Å². The zero-order valence-corrected chi connectivity index (χ0v) is 10.6. The Kier molecular flexibility index (Phi) is 5.01. The van der Waals surface area contributed by atoms with E-state index in [1.165, 1.54) is 12.1 Å². The molecule has 0 aromatic heterocycles. The highest BCUT2D eigenvalue weighted by molar-refractivity contribution is 7.92. The van der Waals surface area contributed by atoms with Crippen molar-refractivity contribution in [3.8, 4) is 5.75 Å². The van der Waals surface area contributed by atoms with Crippen molar-refractivity contribution in [2.75, 3.05) is 17.0 Å². The van der Waals surface area contributed by atoms with Crippen molar-refractivity contribution in [2.45, 2.75) is 12.8 Å². The molecule has 3 N–H and O–H groups in total. The molecule has 5 nitrogen and oxygen atoms in total. The highest BCUT2D eigenvalue weighted by Gasteiger charge is 2.30. The van der Waals surface area contributed by atoms with Crippen LogP contribution in [-0.4, -0.2) is 27.1 Å². The Labute approximate surface area is 108 Å². The molecule has 0 saturated carbocycles. The maximum atomic E-state index is 11.9. The Bertz CT molecular complexity index is 500. The molecule has 0 unspecified atom stereocenters. The zero-order chi connectivity index (χ0) is 14.5. The van der Waals surface area contributed by atoms with Gasteiger partial charge in [0, 0.05) is 5.69 Å². The van der Waals surface area contributed by atoms with E-state index in [-0.39, 0.29) is 18.0 Å². The van der Waals surface area contributed by atoms with Crippen molar-refractivity contribution >= 4 is 15.7 Å². The third kappa shape index (κ3) is 6.30. The Morgan fingerprint density at radius 3 is 2.26 bits per heavy atom. The number of sulfonamides is 1. The Morgan fingerprint density at radius 1 is 1.21 bits per heavy atom. The number of hydrogen-bond donors (Lipinski definition) is 2. The topological polar surface area (TPSA) is 81.4 Å². The van der Waals surface area contributed by atoms with Crippen LogP contribution in [0.25, 0.3) is 0 Å². The molecule has 0 bridgehead atoms. The minimum Gasteiger partial charge on any atom is -0.406 e. The fourth-order valence-corrected chi connectivity index (χ4v) is 2.37. The molecule has 0 radical (unpaired) electrons. The fraction of sp³-hybridized carbons (Fsp3) is 0.400. The second-order valence-electron chi connectivity index (χ2n) is 3.64. The second-order valence-corrected chi connectivity index (χ2v) is 5.48. The van der Waals surface area contributed by atoms with Crippen molar-refractivity contribution < 1.29 is 26.3 Å². The summed E-state index contributed by atoms with van der Waals surface area (Å²) in [6.07, 6.45) is -4.48. The maximum Gasteiger partial charge on any atom is 0.573 e. The van der Waals surface area contributed by atoms with Crippen LogP contribution in [-0.2, 0) is 10.0 Å². The molecule has 0 heterocycles. The molecule has 0 atom stereocenters. The minimum absolute atomic E-state index is 0.149. The number of rotatable bonds is 6. The third-order valence-corrected chi connectivity index (χ3v) is 3.35. The Balaban J connectivity index is 2.67. The van der Waals surface area contributed by atoms with E-state index in [0.29, 0.717) is 6.42 Å². The molecule has 0 amide bonds. The van der Waals surface area contributed by atoms with E-state index in [4.69, 9.17) is 5.73 Å². The van der Waals surface area contributed by atoms with E-state index in [9.17, 15) is 21.6 Å². The molecular formula is C10H13F3N2O3S. The molecule has 108 valence electrons. The van der Waals surface area contributed by atoms with Crippen molar-refractivity contribution in [1.29, 1.82) is 0 Å². The number of ether oxygens (including phenoxy) is 1. The predicted molar refractivity (Wildman–Crippen MR) is 64.2 cm³/mol. The van der Waals surface area contributed by atoms with Crippen LogP contribution in [0.1, 0.15) is 6.42 Å². The number of benzene rings is 1. The van der Waals surface area contributed by atoms with Gasteiger partial charge in [0.25, 0.3) is 0 Å². The minimum atomic E-state index is -4.78. The van der Waals surface area contributed by atoms with Crippen LogP contribution in [0.4, 0.5) is 18.9 Å². The van der Waals surface area contributed by atoms with Gasteiger partial charge in [0.15, 0.2) is 0 Å². The van der Waals surface area contributed by atoms with Crippen LogP contribution in [0.3, 0.4) is 0 Å². The van der Waals surface area contributed by atoms with Crippen LogP contribution in [0.5, 0.6) is 5.75 Å². The monoisotopic (exact) mass is 298 g/mol. The maximum absolute atomic E-state index is 11.9.